The third-order valence-corrected chi connectivity index (χ3v) is 10.3. The smallest absolute Gasteiger partial charge is 0.268 e. The standard InChI is InChI=1S/C31H33N3O3S2/c1-23-8-11-26(12-9-23)39(35,36)34-22-24(28-21-25(37-2)10-13-30(28)34)5-4-15-32-16-18-33(19-17-32)29-6-3-7-31-27(29)14-20-38-31/h3,6-14,20-22H,4-5,15-19H2,1-2H3. The fourth-order valence-corrected chi connectivity index (χ4v) is 7.75. The minimum absolute atomic E-state index is 0.295. The summed E-state index contributed by atoms with van der Waals surface area (Å²) in [5.74, 6) is 0.728. The summed E-state index contributed by atoms with van der Waals surface area (Å²) in [6.07, 6.45) is 3.56. The molecule has 0 amide bonds. The molecule has 0 aliphatic carbocycles. The number of benzene rings is 3. The van der Waals surface area contributed by atoms with Crippen LogP contribution in [-0.4, -0.2) is 57.1 Å². The number of ether oxygens (including phenoxy) is 1. The molecule has 6 nitrogen and oxygen atoms in total. The van der Waals surface area contributed by atoms with Gasteiger partial charge in [0.05, 0.1) is 17.5 Å². The Morgan fingerprint density at radius 2 is 1.72 bits per heavy atom. The number of nitrogens with zero attached hydrogens (tertiary/aromatic N) is 3. The highest BCUT2D eigenvalue weighted by atomic mass is 32.2. The maximum Gasteiger partial charge on any atom is 0.268 e. The van der Waals surface area contributed by atoms with Crippen molar-refractivity contribution in [1.29, 1.82) is 0 Å². The van der Waals surface area contributed by atoms with E-state index >= 15 is 0 Å². The number of anilines is 1. The largest absolute Gasteiger partial charge is 0.497 e. The SMILES string of the molecule is COc1ccc2c(c1)c(CCCN1CCN(c3cccc4sccc34)CC1)cn2S(=O)(=O)c1ccc(C)cc1. The minimum Gasteiger partial charge on any atom is -0.497 e. The molecule has 6 rings (SSSR count). The molecule has 2 aromatic heterocycles. The van der Waals surface area contributed by atoms with E-state index in [4.69, 9.17) is 4.74 Å². The van der Waals surface area contributed by atoms with E-state index in [9.17, 15) is 8.42 Å². The molecule has 0 atom stereocenters. The predicted molar refractivity (Wildman–Crippen MR) is 161 cm³/mol. The normalized spacial score (nSPS) is 14.9. The number of thiophene rings is 1. The monoisotopic (exact) mass is 559 g/mol. The predicted octanol–water partition coefficient (Wildman–Crippen LogP) is 6.16. The topological polar surface area (TPSA) is 54.8 Å². The highest BCUT2D eigenvalue weighted by Crippen LogP contribution is 2.32. The molecule has 0 unspecified atom stereocenters. The van der Waals surface area contributed by atoms with Crippen molar-refractivity contribution < 1.29 is 13.2 Å². The van der Waals surface area contributed by atoms with Crippen LogP contribution in [0.5, 0.6) is 5.75 Å². The average Bonchev–Trinajstić information content (AvgIpc) is 3.59. The molecular weight excluding hydrogens is 526 g/mol. The molecule has 8 heteroatoms. The maximum absolute atomic E-state index is 13.6. The molecule has 0 radical (unpaired) electrons. The fourth-order valence-electron chi connectivity index (χ4n) is 5.55. The first-order chi connectivity index (χ1) is 18.9. The summed E-state index contributed by atoms with van der Waals surface area (Å²) in [6.45, 7) is 7.02. The summed E-state index contributed by atoms with van der Waals surface area (Å²) in [7, 11) is -2.07. The van der Waals surface area contributed by atoms with Crippen LogP contribution in [0.1, 0.15) is 17.5 Å². The number of methoxy groups -OCH3 is 1. The lowest BCUT2D eigenvalue weighted by Crippen LogP contribution is -2.46. The van der Waals surface area contributed by atoms with Crippen LogP contribution < -0.4 is 9.64 Å². The van der Waals surface area contributed by atoms with Gasteiger partial charge < -0.3 is 9.64 Å². The minimum atomic E-state index is -3.71. The molecule has 39 heavy (non-hydrogen) atoms. The Morgan fingerprint density at radius 3 is 2.49 bits per heavy atom. The fraction of sp³-hybridized carbons (Fsp3) is 0.290. The van der Waals surface area contributed by atoms with Crippen molar-refractivity contribution in [3.63, 3.8) is 0 Å². The van der Waals surface area contributed by atoms with Gasteiger partial charge in [-0.05, 0) is 85.8 Å². The Kier molecular flexibility index (Phi) is 7.10. The summed E-state index contributed by atoms with van der Waals surface area (Å²) < 4.78 is 35.4. The second-order valence-corrected chi connectivity index (χ2v) is 13.0. The van der Waals surface area contributed by atoms with E-state index < -0.39 is 10.0 Å². The Balaban J connectivity index is 1.16. The summed E-state index contributed by atoms with van der Waals surface area (Å²) >= 11 is 1.80. The molecule has 0 N–H and O–H groups in total. The van der Waals surface area contributed by atoms with E-state index in [-0.39, 0.29) is 0 Å². The lowest BCUT2D eigenvalue weighted by Gasteiger charge is -2.36. The molecular formula is C31H33N3O3S2. The van der Waals surface area contributed by atoms with Gasteiger partial charge in [0.25, 0.3) is 10.0 Å². The van der Waals surface area contributed by atoms with Crippen LogP contribution in [0, 0.1) is 6.92 Å². The first-order valence-electron chi connectivity index (χ1n) is 13.4. The second-order valence-electron chi connectivity index (χ2n) is 10.2. The Bertz CT molecular complexity index is 1710. The Labute approximate surface area is 234 Å². The zero-order valence-corrected chi connectivity index (χ0v) is 24.0. The van der Waals surface area contributed by atoms with Gasteiger partial charge in [0.2, 0.25) is 0 Å². The van der Waals surface area contributed by atoms with Crippen molar-refractivity contribution in [2.24, 2.45) is 0 Å². The molecule has 1 aliphatic rings. The number of hydrogen-bond acceptors (Lipinski definition) is 6. The van der Waals surface area contributed by atoms with Crippen LogP contribution in [0.3, 0.4) is 0 Å². The molecule has 0 bridgehead atoms. The van der Waals surface area contributed by atoms with Crippen LogP contribution >= 0.6 is 11.3 Å². The molecule has 0 saturated carbocycles. The molecule has 1 aliphatic heterocycles. The van der Waals surface area contributed by atoms with Crippen molar-refractivity contribution in [3.05, 3.63) is 89.4 Å². The van der Waals surface area contributed by atoms with E-state index in [1.54, 1.807) is 36.8 Å². The molecule has 1 saturated heterocycles. The summed E-state index contributed by atoms with van der Waals surface area (Å²) in [5.41, 5.74) is 4.08. The zero-order valence-electron chi connectivity index (χ0n) is 22.3. The van der Waals surface area contributed by atoms with Gasteiger partial charge in [-0.3, -0.25) is 4.90 Å². The number of aryl methyl sites for hydroxylation is 2. The highest BCUT2D eigenvalue weighted by molar-refractivity contribution is 7.90. The van der Waals surface area contributed by atoms with E-state index in [1.807, 2.05) is 37.3 Å². The molecule has 5 aromatic rings. The Morgan fingerprint density at radius 1 is 0.923 bits per heavy atom. The lowest BCUT2D eigenvalue weighted by atomic mass is 10.1. The van der Waals surface area contributed by atoms with Gasteiger partial charge in [-0.25, -0.2) is 12.4 Å². The van der Waals surface area contributed by atoms with Crippen molar-refractivity contribution in [3.8, 4) is 5.75 Å². The van der Waals surface area contributed by atoms with Crippen LogP contribution in [0.4, 0.5) is 5.69 Å². The van der Waals surface area contributed by atoms with Gasteiger partial charge in [0.15, 0.2) is 0 Å². The van der Waals surface area contributed by atoms with Crippen molar-refractivity contribution in [2.75, 3.05) is 44.7 Å². The molecule has 1 fully saturated rings. The van der Waals surface area contributed by atoms with Gasteiger partial charge in [-0.15, -0.1) is 11.3 Å². The van der Waals surface area contributed by atoms with Crippen molar-refractivity contribution >= 4 is 48.0 Å². The van der Waals surface area contributed by atoms with Gasteiger partial charge in [-0.2, -0.15) is 0 Å². The molecule has 3 aromatic carbocycles. The number of fused-ring (bicyclic) bond motifs is 2. The van der Waals surface area contributed by atoms with Crippen LogP contribution in [-0.2, 0) is 16.4 Å². The van der Waals surface area contributed by atoms with Gasteiger partial charge in [0.1, 0.15) is 5.75 Å². The second kappa shape index (κ2) is 10.7. The number of rotatable bonds is 8. The van der Waals surface area contributed by atoms with Crippen LogP contribution in [0.15, 0.2) is 83.2 Å². The molecule has 3 heterocycles. The lowest BCUT2D eigenvalue weighted by molar-refractivity contribution is 0.255. The zero-order chi connectivity index (χ0) is 27.0. The average molecular weight is 560 g/mol. The summed E-state index contributed by atoms with van der Waals surface area (Å²) in [5, 5.41) is 4.45. The first-order valence-corrected chi connectivity index (χ1v) is 15.7. The third kappa shape index (κ3) is 5.04. The van der Waals surface area contributed by atoms with Crippen molar-refractivity contribution in [1.82, 2.24) is 8.87 Å². The summed E-state index contributed by atoms with van der Waals surface area (Å²) in [6, 6.07) is 21.5. The van der Waals surface area contributed by atoms with E-state index in [2.05, 4.69) is 39.4 Å². The van der Waals surface area contributed by atoms with Gasteiger partial charge in [-0.1, -0.05) is 23.8 Å². The first kappa shape index (κ1) is 25.9. The van der Waals surface area contributed by atoms with Crippen LogP contribution in [0.25, 0.3) is 21.0 Å². The van der Waals surface area contributed by atoms with E-state index in [1.165, 1.54) is 19.7 Å². The summed E-state index contributed by atoms with van der Waals surface area (Å²) in [4.78, 5) is 5.32. The van der Waals surface area contributed by atoms with E-state index in [0.29, 0.717) is 10.4 Å². The Hall–Kier alpha value is -3.33. The van der Waals surface area contributed by atoms with E-state index in [0.717, 1.165) is 67.8 Å². The molecule has 202 valence electrons. The highest BCUT2D eigenvalue weighted by Gasteiger charge is 2.23. The van der Waals surface area contributed by atoms with Gasteiger partial charge in [0, 0.05) is 53.5 Å². The number of aromatic nitrogens is 1. The number of hydrogen-bond donors (Lipinski definition) is 0. The quantitative estimate of drug-likeness (QED) is 0.228. The maximum atomic E-state index is 13.6. The van der Waals surface area contributed by atoms with Crippen molar-refractivity contribution in [2.45, 2.75) is 24.7 Å². The third-order valence-electron chi connectivity index (χ3n) is 7.74. The molecule has 0 spiro atoms. The van der Waals surface area contributed by atoms with Crippen LogP contribution in [0.2, 0.25) is 0 Å². The van der Waals surface area contributed by atoms with Gasteiger partial charge >= 0.3 is 0 Å². The number of piperazine rings is 1.